The number of aromatic nitrogens is 4. The Bertz CT molecular complexity index is 788. The van der Waals surface area contributed by atoms with Gasteiger partial charge in [0, 0.05) is 23.5 Å². The Morgan fingerprint density at radius 1 is 1.46 bits per heavy atom. The number of fused-ring (bicyclic) bond motifs is 1. The van der Waals surface area contributed by atoms with E-state index in [1.807, 2.05) is 11.6 Å². The monoisotopic (exact) mass is 331 g/mol. The average molecular weight is 331 g/mol. The summed E-state index contributed by atoms with van der Waals surface area (Å²) in [6.45, 7) is 6.05. The molecule has 0 saturated carbocycles. The van der Waals surface area contributed by atoms with Crippen molar-refractivity contribution in [2.45, 2.75) is 52.0 Å². The molecule has 1 aliphatic heterocycles. The van der Waals surface area contributed by atoms with Gasteiger partial charge >= 0.3 is 5.97 Å². The number of hydrogen-bond acceptors (Lipinski definition) is 4. The molecule has 1 amide bonds. The lowest BCUT2D eigenvalue weighted by molar-refractivity contribution is -0.116. The second-order valence-corrected chi connectivity index (χ2v) is 6.07. The molecule has 1 aliphatic rings. The van der Waals surface area contributed by atoms with Gasteiger partial charge in [-0.25, -0.2) is 9.48 Å². The topological polar surface area (TPSA) is 113 Å². The minimum atomic E-state index is -1.08. The number of amides is 1. The van der Waals surface area contributed by atoms with Crippen LogP contribution in [0, 0.1) is 6.92 Å². The molecule has 3 heterocycles. The Hall–Kier alpha value is -2.64. The van der Waals surface area contributed by atoms with Gasteiger partial charge in [-0.1, -0.05) is 13.8 Å². The first-order valence-corrected chi connectivity index (χ1v) is 8.13. The summed E-state index contributed by atoms with van der Waals surface area (Å²) >= 11 is 0. The lowest BCUT2D eigenvalue weighted by Gasteiger charge is -2.25. The zero-order valence-corrected chi connectivity index (χ0v) is 14.0. The Kier molecular flexibility index (Phi) is 4.13. The van der Waals surface area contributed by atoms with Crippen molar-refractivity contribution in [1.29, 1.82) is 0 Å². The maximum atomic E-state index is 12.2. The quantitative estimate of drug-likeness (QED) is 0.779. The molecule has 0 radical (unpaired) electrons. The van der Waals surface area contributed by atoms with E-state index in [1.54, 1.807) is 0 Å². The second kappa shape index (κ2) is 6.10. The van der Waals surface area contributed by atoms with E-state index in [-0.39, 0.29) is 30.0 Å². The van der Waals surface area contributed by atoms with Crippen LogP contribution < -0.4 is 5.32 Å². The molecular formula is C16H21N5O3. The molecule has 2 aromatic rings. The van der Waals surface area contributed by atoms with E-state index in [9.17, 15) is 14.7 Å². The summed E-state index contributed by atoms with van der Waals surface area (Å²) in [6.07, 6.45) is 3.47. The van der Waals surface area contributed by atoms with Crippen molar-refractivity contribution in [3.63, 3.8) is 0 Å². The number of carbonyl (C=O) groups excluding carboxylic acids is 1. The SMILES string of the molecule is CCC(CC)n1nc(C)c2c1NC(=O)C[C@H]2c1cn[nH]c1C(=O)O. The van der Waals surface area contributed by atoms with Crippen LogP contribution in [0.5, 0.6) is 0 Å². The highest BCUT2D eigenvalue weighted by atomic mass is 16.4. The van der Waals surface area contributed by atoms with E-state index in [0.29, 0.717) is 11.4 Å². The highest BCUT2D eigenvalue weighted by molar-refractivity contribution is 5.95. The maximum Gasteiger partial charge on any atom is 0.354 e. The van der Waals surface area contributed by atoms with E-state index in [0.717, 1.165) is 24.1 Å². The molecule has 3 N–H and O–H groups in total. The fourth-order valence-corrected chi connectivity index (χ4v) is 3.47. The van der Waals surface area contributed by atoms with Crippen molar-refractivity contribution in [3.05, 3.63) is 28.7 Å². The lowest BCUT2D eigenvalue weighted by atomic mass is 9.86. The molecular weight excluding hydrogens is 310 g/mol. The van der Waals surface area contributed by atoms with E-state index in [1.165, 1.54) is 6.20 Å². The Labute approximate surface area is 139 Å². The zero-order valence-electron chi connectivity index (χ0n) is 14.0. The largest absolute Gasteiger partial charge is 0.477 e. The fraction of sp³-hybridized carbons (Fsp3) is 0.500. The number of anilines is 1. The smallest absolute Gasteiger partial charge is 0.354 e. The van der Waals surface area contributed by atoms with E-state index < -0.39 is 5.97 Å². The summed E-state index contributed by atoms with van der Waals surface area (Å²) in [4.78, 5) is 23.7. The molecule has 0 saturated heterocycles. The minimum Gasteiger partial charge on any atom is -0.477 e. The first-order chi connectivity index (χ1) is 11.5. The molecule has 0 spiro atoms. The Balaban J connectivity index is 2.15. The van der Waals surface area contributed by atoms with Crippen molar-refractivity contribution < 1.29 is 14.7 Å². The van der Waals surface area contributed by atoms with Crippen LogP contribution in [0.2, 0.25) is 0 Å². The standard InChI is InChI=1S/C16H21N5O3/c1-4-9(5-2)21-15-13(8(3)20-21)10(6-12(22)18-15)11-7-17-19-14(11)16(23)24/h7,9-10H,4-6H2,1-3H3,(H,17,19)(H,18,22)(H,23,24)/t10-/m0/s1. The summed E-state index contributed by atoms with van der Waals surface area (Å²) in [5.74, 6) is -0.904. The molecule has 0 fully saturated rings. The molecule has 2 aromatic heterocycles. The van der Waals surface area contributed by atoms with E-state index >= 15 is 0 Å². The highest BCUT2D eigenvalue weighted by Crippen LogP contribution is 2.41. The van der Waals surface area contributed by atoms with E-state index in [2.05, 4.69) is 34.5 Å². The van der Waals surface area contributed by atoms with Gasteiger partial charge < -0.3 is 10.4 Å². The van der Waals surface area contributed by atoms with Crippen LogP contribution in [0.15, 0.2) is 6.20 Å². The van der Waals surface area contributed by atoms with Crippen LogP contribution in [-0.2, 0) is 4.79 Å². The lowest BCUT2D eigenvalue weighted by Crippen LogP contribution is -2.26. The summed E-state index contributed by atoms with van der Waals surface area (Å²) in [5, 5.41) is 23.3. The number of carbonyl (C=O) groups is 2. The number of aryl methyl sites for hydroxylation is 1. The molecule has 128 valence electrons. The third kappa shape index (κ3) is 2.47. The van der Waals surface area contributed by atoms with Crippen molar-refractivity contribution in [3.8, 4) is 0 Å². The van der Waals surface area contributed by atoms with E-state index in [4.69, 9.17) is 0 Å². The zero-order chi connectivity index (χ0) is 17.4. The summed E-state index contributed by atoms with van der Waals surface area (Å²) in [6, 6.07) is 0.190. The number of rotatable bonds is 5. The van der Waals surface area contributed by atoms with Gasteiger partial charge in [0.25, 0.3) is 0 Å². The van der Waals surface area contributed by atoms with Crippen LogP contribution in [0.25, 0.3) is 0 Å². The van der Waals surface area contributed by atoms with Crippen LogP contribution in [0.3, 0.4) is 0 Å². The fourth-order valence-electron chi connectivity index (χ4n) is 3.47. The Morgan fingerprint density at radius 2 is 2.17 bits per heavy atom. The van der Waals surface area contributed by atoms with Crippen LogP contribution >= 0.6 is 0 Å². The molecule has 8 nitrogen and oxygen atoms in total. The molecule has 3 rings (SSSR count). The number of nitrogens with one attached hydrogen (secondary N) is 2. The molecule has 0 bridgehead atoms. The van der Waals surface area contributed by atoms with Crippen molar-refractivity contribution in [2.75, 3.05) is 5.32 Å². The predicted octanol–water partition coefficient (Wildman–Crippen LogP) is 2.45. The first kappa shape index (κ1) is 16.2. The van der Waals surface area contributed by atoms with Crippen LogP contribution in [0.4, 0.5) is 5.82 Å². The number of H-pyrrole nitrogens is 1. The molecule has 24 heavy (non-hydrogen) atoms. The Morgan fingerprint density at radius 3 is 2.79 bits per heavy atom. The van der Waals surface area contributed by atoms with Gasteiger partial charge in [-0.2, -0.15) is 10.2 Å². The maximum absolute atomic E-state index is 12.2. The number of aromatic amines is 1. The van der Waals surface area contributed by atoms with Crippen LogP contribution in [-0.4, -0.2) is 37.0 Å². The minimum absolute atomic E-state index is 0.0235. The summed E-state index contributed by atoms with van der Waals surface area (Å²) in [5.41, 5.74) is 2.23. The van der Waals surface area contributed by atoms with Crippen molar-refractivity contribution >= 4 is 17.7 Å². The van der Waals surface area contributed by atoms with Gasteiger partial charge in [-0.3, -0.25) is 9.89 Å². The normalized spacial score (nSPS) is 17.0. The number of carboxylic acids is 1. The third-order valence-electron chi connectivity index (χ3n) is 4.67. The number of hydrogen-bond donors (Lipinski definition) is 3. The van der Waals surface area contributed by atoms with Gasteiger partial charge in [0.2, 0.25) is 5.91 Å². The number of aromatic carboxylic acids is 1. The molecule has 0 aromatic carbocycles. The third-order valence-corrected chi connectivity index (χ3v) is 4.67. The molecule has 1 atom stereocenters. The highest BCUT2D eigenvalue weighted by Gasteiger charge is 2.36. The van der Waals surface area contributed by atoms with Gasteiger partial charge in [0.15, 0.2) is 0 Å². The molecule has 0 unspecified atom stereocenters. The second-order valence-electron chi connectivity index (χ2n) is 6.07. The summed E-state index contributed by atoms with van der Waals surface area (Å²) in [7, 11) is 0. The molecule has 8 heteroatoms. The van der Waals surface area contributed by atoms with Gasteiger partial charge in [0.05, 0.1) is 17.9 Å². The predicted molar refractivity (Wildman–Crippen MR) is 87.2 cm³/mol. The van der Waals surface area contributed by atoms with Gasteiger partial charge in [-0.05, 0) is 19.8 Å². The van der Waals surface area contributed by atoms with Crippen LogP contribution in [0.1, 0.15) is 72.4 Å². The van der Waals surface area contributed by atoms with Gasteiger partial charge in [-0.15, -0.1) is 0 Å². The number of carboxylic acid groups (broad SMARTS) is 1. The van der Waals surface area contributed by atoms with Crippen molar-refractivity contribution in [1.82, 2.24) is 20.0 Å². The van der Waals surface area contributed by atoms with Crippen molar-refractivity contribution in [2.24, 2.45) is 0 Å². The van der Waals surface area contributed by atoms with Gasteiger partial charge in [0.1, 0.15) is 11.5 Å². The summed E-state index contributed by atoms with van der Waals surface area (Å²) < 4.78 is 1.87. The average Bonchev–Trinajstić information content (AvgIpc) is 3.14. The number of nitrogens with zero attached hydrogens (tertiary/aromatic N) is 3. The molecule has 0 aliphatic carbocycles. The first-order valence-electron chi connectivity index (χ1n) is 8.13.